The number of hydrogen-bond donors (Lipinski definition) is 1. The highest BCUT2D eigenvalue weighted by atomic mass is 16.3. The van der Waals surface area contributed by atoms with Gasteiger partial charge in [0.05, 0.1) is 0 Å². The SMILES string of the molecule is Cn1nc2c(-c3ccccc3O)cccc2c1C#N. The molecule has 1 heterocycles. The van der Waals surface area contributed by atoms with Gasteiger partial charge in [-0.05, 0) is 12.1 Å². The van der Waals surface area contributed by atoms with E-state index in [1.807, 2.05) is 30.3 Å². The quantitative estimate of drug-likeness (QED) is 0.721. The summed E-state index contributed by atoms with van der Waals surface area (Å²) < 4.78 is 1.56. The van der Waals surface area contributed by atoms with Crippen LogP contribution in [0, 0.1) is 11.3 Å². The lowest BCUT2D eigenvalue weighted by atomic mass is 10.0. The number of benzene rings is 2. The highest BCUT2D eigenvalue weighted by Crippen LogP contribution is 2.34. The number of para-hydroxylation sites is 1. The minimum Gasteiger partial charge on any atom is -0.507 e. The van der Waals surface area contributed by atoms with Crippen molar-refractivity contribution in [3.05, 3.63) is 48.2 Å². The van der Waals surface area contributed by atoms with Crippen LogP contribution in [0.1, 0.15) is 5.69 Å². The van der Waals surface area contributed by atoms with E-state index in [-0.39, 0.29) is 5.75 Å². The number of nitrogens with zero attached hydrogens (tertiary/aromatic N) is 3. The molecule has 0 saturated carbocycles. The lowest BCUT2D eigenvalue weighted by Gasteiger charge is -2.04. The van der Waals surface area contributed by atoms with E-state index in [9.17, 15) is 5.11 Å². The normalized spacial score (nSPS) is 10.5. The molecule has 0 bridgehead atoms. The Bertz CT molecular complexity index is 812. The van der Waals surface area contributed by atoms with Crippen LogP contribution in [0.15, 0.2) is 42.5 Å². The van der Waals surface area contributed by atoms with Gasteiger partial charge in [0, 0.05) is 23.6 Å². The van der Waals surface area contributed by atoms with Crippen molar-refractivity contribution in [1.82, 2.24) is 9.78 Å². The zero-order chi connectivity index (χ0) is 13.4. The van der Waals surface area contributed by atoms with E-state index in [1.54, 1.807) is 23.9 Å². The van der Waals surface area contributed by atoms with Crippen LogP contribution in [-0.4, -0.2) is 14.9 Å². The molecule has 0 fully saturated rings. The molecule has 0 spiro atoms. The largest absolute Gasteiger partial charge is 0.507 e. The zero-order valence-electron chi connectivity index (χ0n) is 10.3. The Morgan fingerprint density at radius 1 is 1.11 bits per heavy atom. The molecule has 3 rings (SSSR count). The lowest BCUT2D eigenvalue weighted by molar-refractivity contribution is 0.477. The Morgan fingerprint density at radius 3 is 2.58 bits per heavy atom. The van der Waals surface area contributed by atoms with Gasteiger partial charge in [-0.25, -0.2) is 0 Å². The number of hydrogen-bond acceptors (Lipinski definition) is 3. The molecule has 19 heavy (non-hydrogen) atoms. The fraction of sp³-hybridized carbons (Fsp3) is 0.0667. The molecular formula is C15H11N3O. The summed E-state index contributed by atoms with van der Waals surface area (Å²) in [6.45, 7) is 0. The number of aryl methyl sites for hydroxylation is 1. The Hall–Kier alpha value is -2.80. The van der Waals surface area contributed by atoms with Crippen LogP contribution in [0.5, 0.6) is 5.75 Å². The van der Waals surface area contributed by atoms with Gasteiger partial charge in [0.15, 0.2) is 0 Å². The number of phenols is 1. The molecule has 0 atom stereocenters. The fourth-order valence-corrected chi connectivity index (χ4v) is 2.27. The average molecular weight is 249 g/mol. The molecule has 0 aliphatic carbocycles. The fourth-order valence-electron chi connectivity index (χ4n) is 2.27. The lowest BCUT2D eigenvalue weighted by Crippen LogP contribution is -1.92. The van der Waals surface area contributed by atoms with Gasteiger partial charge in [0.25, 0.3) is 0 Å². The maximum absolute atomic E-state index is 9.96. The van der Waals surface area contributed by atoms with Gasteiger partial charge in [-0.2, -0.15) is 10.4 Å². The van der Waals surface area contributed by atoms with Crippen molar-refractivity contribution < 1.29 is 5.11 Å². The van der Waals surface area contributed by atoms with Crippen LogP contribution in [0.25, 0.3) is 22.0 Å². The molecule has 0 radical (unpaired) electrons. The van der Waals surface area contributed by atoms with Gasteiger partial charge < -0.3 is 5.11 Å². The molecule has 0 amide bonds. The van der Waals surface area contributed by atoms with Crippen molar-refractivity contribution in [2.24, 2.45) is 7.05 Å². The van der Waals surface area contributed by atoms with Gasteiger partial charge in [-0.1, -0.05) is 30.3 Å². The minimum absolute atomic E-state index is 0.208. The molecule has 1 N–H and O–H groups in total. The van der Waals surface area contributed by atoms with Gasteiger partial charge in [0.2, 0.25) is 0 Å². The number of aromatic hydroxyl groups is 1. The van der Waals surface area contributed by atoms with E-state index in [0.29, 0.717) is 5.69 Å². The Balaban J connectivity index is 2.38. The molecule has 0 aliphatic heterocycles. The Labute approximate surface area is 110 Å². The van der Waals surface area contributed by atoms with Crippen LogP contribution < -0.4 is 0 Å². The third kappa shape index (κ3) is 1.64. The number of phenolic OH excluding ortho intramolecular Hbond substituents is 1. The van der Waals surface area contributed by atoms with E-state index >= 15 is 0 Å². The van der Waals surface area contributed by atoms with Crippen molar-refractivity contribution in [2.45, 2.75) is 0 Å². The van der Waals surface area contributed by atoms with Crippen molar-refractivity contribution in [2.75, 3.05) is 0 Å². The van der Waals surface area contributed by atoms with E-state index < -0.39 is 0 Å². The summed E-state index contributed by atoms with van der Waals surface area (Å²) in [5, 5.41) is 24.3. The molecule has 3 aromatic rings. The molecule has 0 aliphatic rings. The summed E-state index contributed by atoms with van der Waals surface area (Å²) in [6.07, 6.45) is 0. The number of aromatic nitrogens is 2. The first-order valence-electron chi connectivity index (χ1n) is 5.86. The second-order valence-electron chi connectivity index (χ2n) is 4.30. The molecule has 92 valence electrons. The second-order valence-corrected chi connectivity index (χ2v) is 4.30. The predicted octanol–water partition coefficient (Wildman–Crippen LogP) is 2.82. The van der Waals surface area contributed by atoms with E-state index in [1.165, 1.54) is 0 Å². The van der Waals surface area contributed by atoms with Crippen molar-refractivity contribution in [3.8, 4) is 22.9 Å². The maximum Gasteiger partial charge on any atom is 0.146 e. The summed E-state index contributed by atoms with van der Waals surface area (Å²) in [5.41, 5.74) is 2.79. The molecule has 4 nitrogen and oxygen atoms in total. The number of nitriles is 1. The maximum atomic E-state index is 9.96. The number of rotatable bonds is 1. The third-order valence-corrected chi connectivity index (χ3v) is 3.16. The molecular weight excluding hydrogens is 238 g/mol. The molecule has 1 aromatic heterocycles. The van der Waals surface area contributed by atoms with Gasteiger partial charge in [0.1, 0.15) is 23.0 Å². The van der Waals surface area contributed by atoms with E-state index in [4.69, 9.17) is 5.26 Å². The summed E-state index contributed by atoms with van der Waals surface area (Å²) in [5.74, 6) is 0.208. The molecule has 0 unspecified atom stereocenters. The summed E-state index contributed by atoms with van der Waals surface area (Å²) in [7, 11) is 1.74. The summed E-state index contributed by atoms with van der Waals surface area (Å²) in [4.78, 5) is 0. The smallest absolute Gasteiger partial charge is 0.146 e. The van der Waals surface area contributed by atoms with Crippen molar-refractivity contribution in [3.63, 3.8) is 0 Å². The van der Waals surface area contributed by atoms with Crippen molar-refractivity contribution in [1.29, 1.82) is 5.26 Å². The first-order chi connectivity index (χ1) is 9.22. The zero-order valence-corrected chi connectivity index (χ0v) is 10.3. The third-order valence-electron chi connectivity index (χ3n) is 3.16. The first-order valence-corrected chi connectivity index (χ1v) is 5.86. The van der Waals surface area contributed by atoms with Crippen LogP contribution in [0.2, 0.25) is 0 Å². The Kier molecular flexibility index (Phi) is 2.46. The number of fused-ring (bicyclic) bond motifs is 1. The van der Waals surface area contributed by atoms with Gasteiger partial charge in [-0.15, -0.1) is 0 Å². The van der Waals surface area contributed by atoms with Crippen molar-refractivity contribution >= 4 is 10.9 Å². The van der Waals surface area contributed by atoms with Crippen LogP contribution in [0.3, 0.4) is 0 Å². The molecule has 2 aromatic carbocycles. The first kappa shape index (κ1) is 11.3. The highest BCUT2D eigenvalue weighted by Gasteiger charge is 2.14. The standard InChI is InChI=1S/C15H11N3O/c1-18-13(9-16)12-7-4-6-11(15(12)17-18)10-5-2-3-8-14(10)19/h2-8,19H,1H3. The molecule has 4 heteroatoms. The highest BCUT2D eigenvalue weighted by molar-refractivity contribution is 5.97. The van der Waals surface area contributed by atoms with Crippen LogP contribution in [0.4, 0.5) is 0 Å². The molecule has 0 saturated heterocycles. The van der Waals surface area contributed by atoms with E-state index in [0.717, 1.165) is 22.0 Å². The minimum atomic E-state index is 0.208. The van der Waals surface area contributed by atoms with Gasteiger partial charge >= 0.3 is 0 Å². The monoisotopic (exact) mass is 249 g/mol. The predicted molar refractivity (Wildman–Crippen MR) is 72.5 cm³/mol. The van der Waals surface area contributed by atoms with Crippen LogP contribution in [-0.2, 0) is 7.05 Å². The topological polar surface area (TPSA) is 61.8 Å². The Morgan fingerprint density at radius 2 is 1.84 bits per heavy atom. The average Bonchev–Trinajstić information content (AvgIpc) is 2.74. The summed E-state index contributed by atoms with van der Waals surface area (Å²) in [6, 6.07) is 14.9. The van der Waals surface area contributed by atoms with E-state index in [2.05, 4.69) is 11.2 Å². The van der Waals surface area contributed by atoms with Gasteiger partial charge in [-0.3, -0.25) is 4.68 Å². The van der Waals surface area contributed by atoms with Crippen LogP contribution >= 0.6 is 0 Å². The second kappa shape index (κ2) is 4.14. The summed E-state index contributed by atoms with van der Waals surface area (Å²) >= 11 is 0.